The number of amides is 2. The Morgan fingerprint density at radius 1 is 0.800 bits per heavy atom. The number of hydrazine groups is 1. The summed E-state index contributed by atoms with van der Waals surface area (Å²) in [6.45, 7) is 6.56. The molecule has 0 bridgehead atoms. The molecule has 0 atom stereocenters. The Morgan fingerprint density at radius 3 is 2.00 bits per heavy atom. The number of carbonyl (C=O) groups is 3. The van der Waals surface area contributed by atoms with E-state index in [4.69, 9.17) is 4.74 Å². The molecule has 4 rings (SSSR count). The highest BCUT2D eigenvalue weighted by molar-refractivity contribution is 5.95. The van der Waals surface area contributed by atoms with Crippen LogP contribution >= 0.6 is 0 Å². The van der Waals surface area contributed by atoms with Crippen LogP contribution < -0.4 is 15.8 Å². The molecule has 8 heteroatoms. The van der Waals surface area contributed by atoms with E-state index in [-0.39, 0.29) is 29.6 Å². The Labute approximate surface area is 208 Å². The molecule has 1 saturated heterocycles. The van der Waals surface area contributed by atoms with Gasteiger partial charge in [-0.05, 0) is 81.5 Å². The molecule has 2 amide bonds. The van der Waals surface area contributed by atoms with Gasteiger partial charge >= 0.3 is 5.97 Å². The minimum Gasteiger partial charge on any atom is -0.469 e. The third-order valence-electron chi connectivity index (χ3n) is 8.24. The lowest BCUT2D eigenvalue weighted by atomic mass is 9.82. The fourth-order valence-corrected chi connectivity index (χ4v) is 5.83. The fraction of sp³-hybridized carbons (Fsp3) is 0.667. The molecule has 3 aliphatic rings. The van der Waals surface area contributed by atoms with Crippen LogP contribution in [0.15, 0.2) is 24.3 Å². The first-order valence-electron chi connectivity index (χ1n) is 13.2. The van der Waals surface area contributed by atoms with Crippen LogP contribution in [0.3, 0.4) is 0 Å². The van der Waals surface area contributed by atoms with Crippen LogP contribution in [-0.4, -0.2) is 62.0 Å². The normalized spacial score (nSPS) is 27.7. The molecule has 0 aromatic heterocycles. The van der Waals surface area contributed by atoms with Gasteiger partial charge in [-0.1, -0.05) is 6.92 Å². The van der Waals surface area contributed by atoms with E-state index in [1.54, 1.807) is 0 Å². The first-order chi connectivity index (χ1) is 16.9. The zero-order valence-corrected chi connectivity index (χ0v) is 21.1. The molecule has 0 radical (unpaired) electrons. The first-order valence-corrected chi connectivity index (χ1v) is 13.2. The van der Waals surface area contributed by atoms with Crippen molar-refractivity contribution in [3.05, 3.63) is 29.8 Å². The Bertz CT molecular complexity index is 866. The van der Waals surface area contributed by atoms with Crippen LogP contribution in [0.25, 0.3) is 0 Å². The molecule has 192 valence electrons. The summed E-state index contributed by atoms with van der Waals surface area (Å²) in [6.07, 6.45) is 7.86. The van der Waals surface area contributed by atoms with Crippen molar-refractivity contribution in [2.24, 2.45) is 17.8 Å². The number of piperazine rings is 1. The van der Waals surface area contributed by atoms with Crippen molar-refractivity contribution in [1.82, 2.24) is 15.8 Å². The maximum Gasteiger partial charge on any atom is 0.308 e. The molecule has 1 heterocycles. The second-order valence-corrected chi connectivity index (χ2v) is 10.5. The van der Waals surface area contributed by atoms with E-state index in [2.05, 4.69) is 27.6 Å². The van der Waals surface area contributed by atoms with E-state index >= 15 is 0 Å². The van der Waals surface area contributed by atoms with Gasteiger partial charge in [0.05, 0.1) is 13.0 Å². The number of methoxy groups -OCH3 is 1. The van der Waals surface area contributed by atoms with Crippen LogP contribution in [0.1, 0.15) is 68.6 Å². The molecule has 8 nitrogen and oxygen atoms in total. The molecule has 2 N–H and O–H groups in total. The summed E-state index contributed by atoms with van der Waals surface area (Å²) in [7, 11) is 1.39. The van der Waals surface area contributed by atoms with Crippen LogP contribution in [-0.2, 0) is 14.3 Å². The number of hydrogen-bond acceptors (Lipinski definition) is 6. The van der Waals surface area contributed by atoms with Crippen LogP contribution in [0.4, 0.5) is 5.69 Å². The molecule has 0 unspecified atom stereocenters. The van der Waals surface area contributed by atoms with Crippen molar-refractivity contribution in [3.63, 3.8) is 0 Å². The highest BCUT2D eigenvalue weighted by atomic mass is 16.5. The van der Waals surface area contributed by atoms with Crippen molar-refractivity contribution >= 4 is 23.5 Å². The lowest BCUT2D eigenvalue weighted by molar-refractivity contribution is -0.147. The van der Waals surface area contributed by atoms with Gasteiger partial charge in [-0.3, -0.25) is 30.1 Å². The number of benzene rings is 1. The fourth-order valence-electron chi connectivity index (χ4n) is 5.83. The molecule has 1 aliphatic heterocycles. The quantitative estimate of drug-likeness (QED) is 0.493. The number of ether oxygens (including phenoxy) is 1. The highest BCUT2D eigenvalue weighted by Gasteiger charge is 2.31. The minimum absolute atomic E-state index is 0.129. The lowest BCUT2D eigenvalue weighted by Crippen LogP contribution is -2.51. The highest BCUT2D eigenvalue weighted by Crippen LogP contribution is 2.30. The Hall–Kier alpha value is -2.61. The maximum absolute atomic E-state index is 12.5. The van der Waals surface area contributed by atoms with Gasteiger partial charge in [-0.15, -0.1) is 0 Å². The average molecular weight is 485 g/mol. The Balaban J connectivity index is 1.19. The van der Waals surface area contributed by atoms with Gasteiger partial charge < -0.3 is 9.64 Å². The zero-order chi connectivity index (χ0) is 24.8. The summed E-state index contributed by atoms with van der Waals surface area (Å²) in [5.41, 5.74) is 6.73. The van der Waals surface area contributed by atoms with E-state index in [9.17, 15) is 14.4 Å². The summed E-state index contributed by atoms with van der Waals surface area (Å²) in [5.74, 6) is -0.190. The topological polar surface area (TPSA) is 91.0 Å². The van der Waals surface area contributed by atoms with E-state index in [0.717, 1.165) is 43.8 Å². The Kier molecular flexibility index (Phi) is 8.65. The SMILES string of the molecule is COC(=O)[C@H]1CC[C@H](C(=O)NNC(=O)c2ccc(N3CCN([C@H]4CC[C@@H](C)CC4)CC3)cc2)CC1. The second-order valence-electron chi connectivity index (χ2n) is 10.5. The number of hydrogen-bond donors (Lipinski definition) is 2. The minimum atomic E-state index is -0.329. The zero-order valence-electron chi connectivity index (χ0n) is 21.1. The number of anilines is 1. The predicted octanol–water partition coefficient (Wildman–Crippen LogP) is 3.13. The number of nitrogens with one attached hydrogen (secondary N) is 2. The summed E-state index contributed by atoms with van der Waals surface area (Å²) in [6, 6.07) is 8.35. The number of esters is 1. The van der Waals surface area contributed by atoms with Gasteiger partial charge in [0, 0.05) is 49.4 Å². The summed E-state index contributed by atoms with van der Waals surface area (Å²) >= 11 is 0. The van der Waals surface area contributed by atoms with Gasteiger partial charge in [0.25, 0.3) is 5.91 Å². The third-order valence-corrected chi connectivity index (χ3v) is 8.24. The van der Waals surface area contributed by atoms with Crippen molar-refractivity contribution < 1.29 is 19.1 Å². The standard InChI is InChI=1S/C27H40N4O4/c1-19-3-11-23(12-4-19)30-15-17-31(18-16-30)24-13-9-21(10-14-24)26(33)29-28-25(32)20-5-7-22(8-6-20)27(34)35-2/h9-10,13-14,19-20,22-23H,3-8,11-12,15-18H2,1-2H3,(H,28,32)(H,29,33)/t19-,20-,22-,23+. The smallest absolute Gasteiger partial charge is 0.308 e. The molecular formula is C27H40N4O4. The first kappa shape index (κ1) is 25.5. The third kappa shape index (κ3) is 6.54. The van der Waals surface area contributed by atoms with Gasteiger partial charge in [-0.25, -0.2) is 0 Å². The van der Waals surface area contributed by atoms with Gasteiger partial charge in [0.15, 0.2) is 0 Å². The predicted molar refractivity (Wildman–Crippen MR) is 135 cm³/mol. The van der Waals surface area contributed by atoms with E-state index in [1.165, 1.54) is 32.8 Å². The van der Waals surface area contributed by atoms with Gasteiger partial charge in [0.1, 0.15) is 0 Å². The second kappa shape index (κ2) is 11.9. The molecular weight excluding hydrogens is 444 g/mol. The monoisotopic (exact) mass is 484 g/mol. The van der Waals surface area contributed by atoms with Crippen LogP contribution in [0.2, 0.25) is 0 Å². The molecule has 35 heavy (non-hydrogen) atoms. The van der Waals surface area contributed by atoms with E-state index < -0.39 is 0 Å². The van der Waals surface area contributed by atoms with Crippen molar-refractivity contribution in [2.75, 3.05) is 38.2 Å². The van der Waals surface area contributed by atoms with Crippen LogP contribution in [0, 0.1) is 17.8 Å². The average Bonchev–Trinajstić information content (AvgIpc) is 2.92. The number of rotatable bonds is 5. The maximum atomic E-state index is 12.5. The molecule has 1 aromatic rings. The number of nitrogens with zero attached hydrogens (tertiary/aromatic N) is 2. The molecule has 2 saturated carbocycles. The van der Waals surface area contributed by atoms with Gasteiger partial charge in [0.2, 0.25) is 5.91 Å². The molecule has 2 aliphatic carbocycles. The molecule has 3 fully saturated rings. The van der Waals surface area contributed by atoms with Gasteiger partial charge in [-0.2, -0.15) is 0 Å². The summed E-state index contributed by atoms with van der Waals surface area (Å²) in [5, 5.41) is 0. The van der Waals surface area contributed by atoms with Crippen molar-refractivity contribution in [1.29, 1.82) is 0 Å². The molecule has 0 spiro atoms. The van der Waals surface area contributed by atoms with Crippen molar-refractivity contribution in [3.8, 4) is 0 Å². The largest absolute Gasteiger partial charge is 0.469 e. The van der Waals surface area contributed by atoms with Crippen molar-refractivity contribution in [2.45, 2.75) is 64.3 Å². The van der Waals surface area contributed by atoms with E-state index in [1.807, 2.05) is 24.3 Å². The Morgan fingerprint density at radius 2 is 1.40 bits per heavy atom. The molecule has 1 aromatic carbocycles. The van der Waals surface area contributed by atoms with Crippen LogP contribution in [0.5, 0.6) is 0 Å². The summed E-state index contributed by atoms with van der Waals surface area (Å²) < 4.78 is 4.79. The lowest BCUT2D eigenvalue weighted by Gasteiger charge is -2.42. The van der Waals surface area contributed by atoms with E-state index in [0.29, 0.717) is 31.2 Å². The number of carbonyl (C=O) groups excluding carboxylic acids is 3. The summed E-state index contributed by atoms with van der Waals surface area (Å²) in [4.78, 5) is 41.7.